The number of nitrogens with one attached hydrogen (secondary N) is 2. The van der Waals surface area contributed by atoms with Crippen LogP contribution in [0.15, 0.2) is 42.5 Å². The van der Waals surface area contributed by atoms with E-state index < -0.39 is 5.91 Å². The summed E-state index contributed by atoms with van der Waals surface area (Å²) >= 11 is 0. The predicted octanol–water partition coefficient (Wildman–Crippen LogP) is 2.64. The summed E-state index contributed by atoms with van der Waals surface area (Å²) in [6, 6.07) is 7.22. The highest BCUT2D eigenvalue weighted by Gasteiger charge is 1.99. The van der Waals surface area contributed by atoms with Gasteiger partial charge in [0.25, 0.3) is 0 Å². The third-order valence-electron chi connectivity index (χ3n) is 3.47. The van der Waals surface area contributed by atoms with E-state index in [9.17, 15) is 14.4 Å². The normalized spacial score (nSPS) is 11.0. The summed E-state index contributed by atoms with van der Waals surface area (Å²) in [7, 11) is 0. The van der Waals surface area contributed by atoms with Gasteiger partial charge in [-0.1, -0.05) is 48.9 Å². The van der Waals surface area contributed by atoms with Crippen molar-refractivity contribution < 1.29 is 19.6 Å². The number of hydroxylamine groups is 1. The van der Waals surface area contributed by atoms with Crippen LogP contribution in [0.1, 0.15) is 48.5 Å². The van der Waals surface area contributed by atoms with Crippen molar-refractivity contribution >= 4 is 23.7 Å². The van der Waals surface area contributed by atoms with Gasteiger partial charge in [0.05, 0.1) is 0 Å². The molecule has 0 radical (unpaired) electrons. The Morgan fingerprint density at radius 1 is 1.04 bits per heavy atom. The molecule has 1 rings (SSSR count). The van der Waals surface area contributed by atoms with Crippen LogP contribution in [0.5, 0.6) is 0 Å². The third kappa shape index (κ3) is 9.22. The van der Waals surface area contributed by atoms with E-state index in [1.54, 1.807) is 29.8 Å². The van der Waals surface area contributed by atoms with Crippen LogP contribution in [0.2, 0.25) is 0 Å². The van der Waals surface area contributed by atoms with E-state index in [1.165, 1.54) is 13.0 Å². The Morgan fingerprint density at radius 2 is 1.76 bits per heavy atom. The van der Waals surface area contributed by atoms with Crippen molar-refractivity contribution in [2.24, 2.45) is 0 Å². The lowest BCUT2D eigenvalue weighted by molar-refractivity contribution is -0.129. The molecule has 1 aromatic carbocycles. The van der Waals surface area contributed by atoms with E-state index in [1.807, 2.05) is 18.2 Å². The zero-order valence-electron chi connectivity index (χ0n) is 14.3. The first kappa shape index (κ1) is 20.3. The number of hydrogen-bond acceptors (Lipinski definition) is 4. The molecule has 0 aliphatic heterocycles. The molecule has 25 heavy (non-hydrogen) atoms. The average Bonchev–Trinajstić information content (AvgIpc) is 2.61. The van der Waals surface area contributed by atoms with Gasteiger partial charge in [-0.25, -0.2) is 5.48 Å². The fourth-order valence-corrected chi connectivity index (χ4v) is 2.05. The van der Waals surface area contributed by atoms with Gasteiger partial charge in [-0.15, -0.1) is 0 Å². The second-order valence-corrected chi connectivity index (χ2v) is 5.53. The molecule has 0 aliphatic carbocycles. The monoisotopic (exact) mass is 344 g/mol. The minimum Gasteiger partial charge on any atom is -0.353 e. The smallest absolute Gasteiger partial charge is 0.243 e. The van der Waals surface area contributed by atoms with Crippen LogP contribution < -0.4 is 10.8 Å². The number of rotatable bonds is 10. The molecule has 0 saturated carbocycles. The Bertz CT molecular complexity index is 633. The Labute approximate surface area is 147 Å². The van der Waals surface area contributed by atoms with Crippen LogP contribution in [0.25, 0.3) is 6.08 Å². The van der Waals surface area contributed by atoms with Gasteiger partial charge in [0.1, 0.15) is 0 Å². The lowest BCUT2D eigenvalue weighted by Gasteiger charge is -2.02. The topological polar surface area (TPSA) is 95.5 Å². The number of unbranched alkanes of at least 4 members (excludes halogenated alkanes) is 2. The molecule has 2 amide bonds. The summed E-state index contributed by atoms with van der Waals surface area (Å²) < 4.78 is 0. The van der Waals surface area contributed by atoms with E-state index in [2.05, 4.69) is 5.32 Å². The fraction of sp³-hybridized carbons (Fsp3) is 0.316. The highest BCUT2D eigenvalue weighted by atomic mass is 16.5. The highest BCUT2D eigenvalue weighted by molar-refractivity contribution is 5.94. The summed E-state index contributed by atoms with van der Waals surface area (Å²) in [6.07, 6.45) is 9.23. The molecule has 134 valence electrons. The molecule has 6 heteroatoms. The summed E-state index contributed by atoms with van der Waals surface area (Å²) in [5, 5.41) is 11.1. The second kappa shape index (κ2) is 11.8. The molecule has 0 aromatic heterocycles. The Balaban J connectivity index is 2.21. The molecule has 0 heterocycles. The SMILES string of the molecule is CC(=O)c1ccc(C=CC=CC(=O)NCCCCCC(=O)NO)cc1. The van der Waals surface area contributed by atoms with Crippen LogP contribution in [-0.4, -0.2) is 29.3 Å². The van der Waals surface area contributed by atoms with Crippen molar-refractivity contribution in [1.82, 2.24) is 10.8 Å². The minimum absolute atomic E-state index is 0.0313. The summed E-state index contributed by atoms with van der Waals surface area (Å²) in [4.78, 5) is 33.6. The van der Waals surface area contributed by atoms with Crippen molar-refractivity contribution in [2.75, 3.05) is 6.54 Å². The largest absolute Gasteiger partial charge is 0.353 e. The van der Waals surface area contributed by atoms with Crippen LogP contribution in [-0.2, 0) is 9.59 Å². The maximum Gasteiger partial charge on any atom is 0.243 e. The first-order chi connectivity index (χ1) is 12.0. The number of amides is 2. The molecule has 6 nitrogen and oxygen atoms in total. The van der Waals surface area contributed by atoms with Crippen LogP contribution >= 0.6 is 0 Å². The maximum atomic E-state index is 11.6. The number of hydrogen-bond donors (Lipinski definition) is 3. The Kier molecular flexibility index (Phi) is 9.55. The van der Waals surface area contributed by atoms with Gasteiger partial charge in [0.15, 0.2) is 5.78 Å². The molecular weight excluding hydrogens is 320 g/mol. The average molecular weight is 344 g/mol. The molecule has 0 saturated heterocycles. The van der Waals surface area contributed by atoms with Gasteiger partial charge in [-0.3, -0.25) is 19.6 Å². The lowest BCUT2D eigenvalue weighted by Crippen LogP contribution is -2.22. The van der Waals surface area contributed by atoms with Gasteiger partial charge in [0.2, 0.25) is 11.8 Å². The van der Waals surface area contributed by atoms with Gasteiger partial charge in [-0.05, 0) is 25.3 Å². The zero-order valence-corrected chi connectivity index (χ0v) is 14.3. The number of allylic oxidation sites excluding steroid dienone is 2. The van der Waals surface area contributed by atoms with Crippen molar-refractivity contribution in [1.29, 1.82) is 0 Å². The molecule has 0 fully saturated rings. The Morgan fingerprint density at radius 3 is 2.40 bits per heavy atom. The second-order valence-electron chi connectivity index (χ2n) is 5.53. The highest BCUT2D eigenvalue weighted by Crippen LogP contribution is 2.06. The fourth-order valence-electron chi connectivity index (χ4n) is 2.05. The number of benzene rings is 1. The number of Topliss-reactive ketones (excluding diaryl/α,β-unsaturated/α-hetero) is 1. The molecule has 0 aliphatic rings. The summed E-state index contributed by atoms with van der Waals surface area (Å²) in [5.74, 6) is -0.539. The van der Waals surface area contributed by atoms with E-state index in [0.717, 1.165) is 18.4 Å². The predicted molar refractivity (Wildman–Crippen MR) is 96.0 cm³/mol. The molecular formula is C19H24N2O4. The molecule has 1 aromatic rings. The van der Waals surface area contributed by atoms with Crippen molar-refractivity contribution in [3.63, 3.8) is 0 Å². The zero-order chi connectivity index (χ0) is 18.5. The van der Waals surface area contributed by atoms with Crippen molar-refractivity contribution in [3.8, 4) is 0 Å². The van der Waals surface area contributed by atoms with Gasteiger partial charge < -0.3 is 5.32 Å². The standard InChI is InChI=1S/C19H24N2O4/c1-15(22)17-12-10-16(11-13-17)7-4-5-8-18(23)20-14-6-2-3-9-19(24)21-25/h4-5,7-8,10-13,25H,2-3,6,9,14H2,1H3,(H,20,23)(H,21,24). The molecule has 0 atom stereocenters. The van der Waals surface area contributed by atoms with Crippen molar-refractivity contribution in [2.45, 2.75) is 32.6 Å². The van der Waals surface area contributed by atoms with Crippen LogP contribution in [0.3, 0.4) is 0 Å². The van der Waals surface area contributed by atoms with Crippen LogP contribution in [0.4, 0.5) is 0 Å². The van der Waals surface area contributed by atoms with Crippen LogP contribution in [0, 0.1) is 0 Å². The quantitative estimate of drug-likeness (QED) is 0.152. The van der Waals surface area contributed by atoms with E-state index in [0.29, 0.717) is 18.5 Å². The Hall–Kier alpha value is -2.73. The van der Waals surface area contributed by atoms with Crippen molar-refractivity contribution in [3.05, 3.63) is 53.6 Å². The minimum atomic E-state index is -0.394. The summed E-state index contributed by atoms with van der Waals surface area (Å²) in [6.45, 7) is 2.07. The number of ketones is 1. The molecule has 0 spiro atoms. The first-order valence-electron chi connectivity index (χ1n) is 8.19. The molecule has 0 unspecified atom stereocenters. The van der Waals surface area contributed by atoms with E-state index in [-0.39, 0.29) is 18.1 Å². The molecule has 0 bridgehead atoms. The van der Waals surface area contributed by atoms with Gasteiger partial charge in [-0.2, -0.15) is 0 Å². The van der Waals surface area contributed by atoms with Gasteiger partial charge in [0, 0.05) is 24.6 Å². The van der Waals surface area contributed by atoms with Gasteiger partial charge >= 0.3 is 0 Å². The molecule has 3 N–H and O–H groups in total. The first-order valence-corrected chi connectivity index (χ1v) is 8.19. The maximum absolute atomic E-state index is 11.6. The number of carbonyl (C=O) groups excluding carboxylic acids is 3. The van der Waals surface area contributed by atoms with E-state index in [4.69, 9.17) is 5.21 Å². The van der Waals surface area contributed by atoms with E-state index >= 15 is 0 Å². The third-order valence-corrected chi connectivity index (χ3v) is 3.47. The number of carbonyl (C=O) groups is 3. The lowest BCUT2D eigenvalue weighted by atomic mass is 10.1. The summed E-state index contributed by atoms with van der Waals surface area (Å²) in [5.41, 5.74) is 3.20.